The zero-order chi connectivity index (χ0) is 20.5. The number of carbonyl (C=O) groups excluding carboxylic acids is 2. The summed E-state index contributed by atoms with van der Waals surface area (Å²) in [6, 6.07) is 9.99. The largest absolute Gasteiger partial charge is 0.445 e. The number of nitrogens with zero attached hydrogens (tertiary/aromatic N) is 1. The number of hydrogen-bond acceptors (Lipinski definition) is 5. The van der Waals surface area contributed by atoms with E-state index >= 15 is 0 Å². The molecular weight excluding hydrogens is 370 g/mol. The second-order valence-corrected chi connectivity index (χ2v) is 8.03. The van der Waals surface area contributed by atoms with Crippen molar-refractivity contribution in [1.82, 2.24) is 4.90 Å². The van der Waals surface area contributed by atoms with Gasteiger partial charge in [-0.2, -0.15) is 0 Å². The van der Waals surface area contributed by atoms with Gasteiger partial charge in [0.2, 0.25) is 0 Å². The van der Waals surface area contributed by atoms with Crippen LogP contribution in [0, 0.1) is 5.92 Å². The normalized spacial score (nSPS) is 23.6. The molecule has 0 spiro atoms. The molecule has 2 fully saturated rings. The second-order valence-electron chi connectivity index (χ2n) is 8.03. The molecule has 160 valence electrons. The molecule has 1 aromatic rings. The average Bonchev–Trinajstić information content (AvgIpc) is 2.74. The van der Waals surface area contributed by atoms with Crippen molar-refractivity contribution in [1.29, 1.82) is 0 Å². The fourth-order valence-electron chi connectivity index (χ4n) is 4.53. The van der Waals surface area contributed by atoms with E-state index in [0.29, 0.717) is 38.6 Å². The van der Waals surface area contributed by atoms with E-state index in [-0.39, 0.29) is 24.1 Å². The van der Waals surface area contributed by atoms with Gasteiger partial charge in [0.05, 0.1) is 13.2 Å². The van der Waals surface area contributed by atoms with Crippen LogP contribution < -0.4 is 0 Å². The number of benzene rings is 1. The van der Waals surface area contributed by atoms with Crippen molar-refractivity contribution in [3.8, 4) is 0 Å². The molecule has 2 aliphatic rings. The summed E-state index contributed by atoms with van der Waals surface area (Å²) in [4.78, 5) is 27.4. The Morgan fingerprint density at radius 1 is 1.03 bits per heavy atom. The number of fused-ring (bicyclic) bond motifs is 2. The van der Waals surface area contributed by atoms with Gasteiger partial charge in [-0.15, -0.1) is 0 Å². The molecule has 0 aliphatic carbocycles. The first-order valence-electron chi connectivity index (χ1n) is 10.8. The second kappa shape index (κ2) is 11.3. The molecule has 2 atom stereocenters. The number of Topliss-reactive ketones (excluding diaryl/α,β-unsaturated/α-hetero) is 1. The highest BCUT2D eigenvalue weighted by Gasteiger charge is 2.43. The summed E-state index contributed by atoms with van der Waals surface area (Å²) in [5.41, 5.74) is 0.990. The summed E-state index contributed by atoms with van der Waals surface area (Å²) in [6.07, 6.45) is 5.63. The third-order valence-corrected chi connectivity index (χ3v) is 5.99. The smallest absolute Gasteiger partial charge is 0.410 e. The maximum absolute atomic E-state index is 12.8. The molecule has 1 aromatic carbocycles. The highest BCUT2D eigenvalue weighted by molar-refractivity contribution is 5.81. The van der Waals surface area contributed by atoms with Crippen molar-refractivity contribution in [2.45, 2.75) is 63.6 Å². The van der Waals surface area contributed by atoms with Gasteiger partial charge in [-0.1, -0.05) is 30.3 Å². The van der Waals surface area contributed by atoms with Gasteiger partial charge >= 0.3 is 6.09 Å². The molecule has 0 aromatic heterocycles. The maximum atomic E-state index is 12.8. The van der Waals surface area contributed by atoms with Gasteiger partial charge in [0.1, 0.15) is 12.4 Å². The highest BCUT2D eigenvalue weighted by Crippen LogP contribution is 2.38. The first-order chi connectivity index (χ1) is 14.2. The molecule has 0 N–H and O–H groups in total. The van der Waals surface area contributed by atoms with Crippen LogP contribution in [-0.4, -0.2) is 55.8 Å². The fourth-order valence-corrected chi connectivity index (χ4v) is 4.53. The summed E-state index contributed by atoms with van der Waals surface area (Å²) < 4.78 is 16.0. The number of carbonyl (C=O) groups is 2. The minimum atomic E-state index is -0.235. The van der Waals surface area contributed by atoms with Crippen molar-refractivity contribution in [3.05, 3.63) is 35.9 Å². The van der Waals surface area contributed by atoms with Crippen LogP contribution in [0.3, 0.4) is 0 Å². The van der Waals surface area contributed by atoms with Gasteiger partial charge in [0, 0.05) is 38.1 Å². The first-order valence-corrected chi connectivity index (χ1v) is 10.8. The maximum Gasteiger partial charge on any atom is 0.410 e. The average molecular weight is 404 g/mol. The van der Waals surface area contributed by atoms with Crippen LogP contribution in [-0.2, 0) is 25.6 Å². The van der Waals surface area contributed by atoms with E-state index < -0.39 is 0 Å². The number of ether oxygens (including phenoxy) is 3. The van der Waals surface area contributed by atoms with Gasteiger partial charge in [0.25, 0.3) is 0 Å². The lowest BCUT2D eigenvalue weighted by Gasteiger charge is -2.47. The molecule has 2 aliphatic heterocycles. The van der Waals surface area contributed by atoms with Crippen molar-refractivity contribution in [2.75, 3.05) is 26.9 Å². The topological polar surface area (TPSA) is 65.1 Å². The number of hydrogen-bond donors (Lipinski definition) is 0. The fraction of sp³-hybridized carbons (Fsp3) is 0.652. The molecule has 2 saturated heterocycles. The zero-order valence-corrected chi connectivity index (χ0v) is 17.4. The Morgan fingerprint density at radius 3 is 2.45 bits per heavy atom. The Kier molecular flexibility index (Phi) is 8.50. The predicted molar refractivity (Wildman–Crippen MR) is 110 cm³/mol. The van der Waals surface area contributed by atoms with Crippen molar-refractivity contribution in [2.24, 2.45) is 5.92 Å². The molecule has 6 nitrogen and oxygen atoms in total. The lowest BCUT2D eigenvalue weighted by molar-refractivity contribution is -0.127. The molecule has 0 saturated carbocycles. The molecular formula is C23H33NO5. The van der Waals surface area contributed by atoms with E-state index in [9.17, 15) is 9.59 Å². The first kappa shape index (κ1) is 21.8. The molecule has 1 amide bonds. The van der Waals surface area contributed by atoms with Gasteiger partial charge in [0.15, 0.2) is 0 Å². The number of rotatable bonds is 10. The lowest BCUT2D eigenvalue weighted by atomic mass is 9.76. The SMILES string of the molecule is COCCOCCCC(=O)C1CC2CCCC(C1)N2C(=O)OCc1ccccc1. The van der Waals surface area contributed by atoms with E-state index in [1.807, 2.05) is 35.2 Å². The lowest BCUT2D eigenvalue weighted by Crippen LogP contribution is -2.55. The van der Waals surface area contributed by atoms with Crippen LogP contribution in [0.25, 0.3) is 0 Å². The monoisotopic (exact) mass is 403 g/mol. The van der Waals surface area contributed by atoms with Crippen LogP contribution in [0.15, 0.2) is 30.3 Å². The molecule has 29 heavy (non-hydrogen) atoms. The number of amides is 1. The van der Waals surface area contributed by atoms with Gasteiger partial charge in [-0.25, -0.2) is 4.79 Å². The molecule has 0 radical (unpaired) electrons. The van der Waals surface area contributed by atoms with E-state index in [4.69, 9.17) is 14.2 Å². The van der Waals surface area contributed by atoms with E-state index in [1.54, 1.807) is 7.11 Å². The molecule has 3 rings (SSSR count). The zero-order valence-electron chi connectivity index (χ0n) is 17.4. The number of methoxy groups -OCH3 is 1. The van der Waals surface area contributed by atoms with Crippen molar-refractivity contribution in [3.63, 3.8) is 0 Å². The Bertz CT molecular complexity index is 636. The Balaban J connectivity index is 1.46. The van der Waals surface area contributed by atoms with Gasteiger partial charge in [-0.05, 0) is 44.1 Å². The minimum Gasteiger partial charge on any atom is -0.445 e. The Morgan fingerprint density at radius 2 is 1.76 bits per heavy atom. The number of piperidine rings is 2. The summed E-state index contributed by atoms with van der Waals surface area (Å²) in [5.74, 6) is 0.372. The standard InChI is InChI=1S/C23H33NO5/c1-27-13-14-28-12-6-11-22(25)19-15-20-9-5-10-21(16-19)24(20)23(26)29-17-18-7-3-2-4-8-18/h2-4,7-8,19-21H,5-6,9-17H2,1H3. The van der Waals surface area contributed by atoms with Crippen molar-refractivity contribution < 1.29 is 23.8 Å². The quantitative estimate of drug-likeness (QED) is 0.553. The molecule has 6 heteroatoms. The Labute approximate surface area is 173 Å². The van der Waals surface area contributed by atoms with Crippen LogP contribution in [0.5, 0.6) is 0 Å². The summed E-state index contributed by atoms with van der Waals surface area (Å²) in [6.45, 7) is 2.03. The van der Waals surface area contributed by atoms with E-state index in [1.165, 1.54) is 0 Å². The van der Waals surface area contributed by atoms with Gasteiger partial charge < -0.3 is 19.1 Å². The van der Waals surface area contributed by atoms with E-state index in [2.05, 4.69) is 0 Å². The van der Waals surface area contributed by atoms with Gasteiger partial charge in [-0.3, -0.25) is 4.79 Å². The third-order valence-electron chi connectivity index (χ3n) is 5.99. The highest BCUT2D eigenvalue weighted by atomic mass is 16.6. The summed E-state index contributed by atoms with van der Waals surface area (Å²) >= 11 is 0. The Hall–Kier alpha value is -1.92. The minimum absolute atomic E-state index is 0.0578. The van der Waals surface area contributed by atoms with Crippen LogP contribution in [0.2, 0.25) is 0 Å². The summed E-state index contributed by atoms with van der Waals surface area (Å²) in [5, 5.41) is 0. The van der Waals surface area contributed by atoms with Crippen LogP contribution in [0.1, 0.15) is 50.5 Å². The molecule has 2 unspecified atom stereocenters. The van der Waals surface area contributed by atoms with Crippen LogP contribution in [0.4, 0.5) is 4.79 Å². The molecule has 2 heterocycles. The van der Waals surface area contributed by atoms with E-state index in [0.717, 1.165) is 44.1 Å². The third kappa shape index (κ3) is 6.28. The van der Waals surface area contributed by atoms with Crippen LogP contribution >= 0.6 is 0 Å². The predicted octanol–water partition coefficient (Wildman–Crippen LogP) is 3.97. The summed E-state index contributed by atoms with van der Waals surface area (Å²) in [7, 11) is 1.65. The van der Waals surface area contributed by atoms with Crippen molar-refractivity contribution >= 4 is 11.9 Å². The molecule has 2 bridgehead atoms. The number of ketones is 1.